The lowest BCUT2D eigenvalue weighted by Crippen LogP contribution is -2.43. The summed E-state index contributed by atoms with van der Waals surface area (Å²) < 4.78 is 41.2. The molecule has 0 aliphatic rings. The Hall–Kier alpha value is -2.90. The lowest BCUT2D eigenvalue weighted by Gasteiger charge is -2.24. The topological polar surface area (TPSA) is 50.5 Å². The van der Waals surface area contributed by atoms with Gasteiger partial charge in [0.15, 0.2) is 5.65 Å². The van der Waals surface area contributed by atoms with E-state index in [4.69, 9.17) is 0 Å². The third kappa shape index (κ3) is 2.39. The smallest absolute Gasteiger partial charge is 0.268 e. The quantitative estimate of drug-likeness (QED) is 0.684. The fourth-order valence-electron chi connectivity index (χ4n) is 2.05. The van der Waals surface area contributed by atoms with Gasteiger partial charge in [-0.3, -0.25) is 4.79 Å². The second kappa shape index (κ2) is 5.14. The predicted molar refractivity (Wildman–Crippen MR) is 72.3 cm³/mol. The van der Waals surface area contributed by atoms with Crippen LogP contribution in [-0.2, 0) is 0 Å². The van der Waals surface area contributed by atoms with E-state index in [9.17, 15) is 18.0 Å². The predicted octanol–water partition coefficient (Wildman–Crippen LogP) is 2.90. The summed E-state index contributed by atoms with van der Waals surface area (Å²) in [5, 5.41) is 3.84. The molecule has 0 saturated carbocycles. The number of anilines is 1. The molecule has 1 aromatic carbocycles. The summed E-state index contributed by atoms with van der Waals surface area (Å²) in [6, 6.07) is 8.41. The van der Waals surface area contributed by atoms with Crippen LogP contribution in [0.2, 0.25) is 0 Å². The van der Waals surface area contributed by atoms with E-state index in [1.54, 1.807) is 12.1 Å². The molecule has 3 aromatic rings. The van der Waals surface area contributed by atoms with Crippen LogP contribution in [0.4, 0.5) is 18.9 Å². The van der Waals surface area contributed by atoms with Gasteiger partial charge in [0.05, 0.1) is 11.9 Å². The Morgan fingerprint density at radius 2 is 1.86 bits per heavy atom. The summed E-state index contributed by atoms with van der Waals surface area (Å²) in [6.07, 6.45) is -0.901. The Bertz CT molecular complexity index is 814. The Morgan fingerprint density at radius 1 is 1.14 bits per heavy atom. The zero-order chi connectivity index (χ0) is 15.7. The van der Waals surface area contributed by atoms with E-state index in [0.717, 1.165) is 6.20 Å². The van der Waals surface area contributed by atoms with E-state index in [1.165, 1.54) is 41.2 Å². The van der Waals surface area contributed by atoms with E-state index in [-0.39, 0.29) is 21.8 Å². The largest absolute Gasteiger partial charge is 0.491 e. The molecule has 0 radical (unpaired) electrons. The first-order valence-electron chi connectivity index (χ1n) is 6.23. The van der Waals surface area contributed by atoms with Crippen molar-refractivity contribution in [2.45, 2.75) is 6.30 Å². The molecule has 112 valence electrons. The lowest BCUT2D eigenvalue weighted by molar-refractivity contribution is -0.122. The molecule has 2 aromatic heterocycles. The highest BCUT2D eigenvalue weighted by atomic mass is 19.4. The van der Waals surface area contributed by atoms with Crippen molar-refractivity contribution in [3.8, 4) is 0 Å². The van der Waals surface area contributed by atoms with Crippen LogP contribution in [0.1, 0.15) is 10.4 Å². The summed E-state index contributed by atoms with van der Waals surface area (Å²) in [5.41, 5.74) is -0.422. The average Bonchev–Trinajstić information content (AvgIpc) is 2.91. The maximum Gasteiger partial charge on any atom is 0.491 e. The van der Waals surface area contributed by atoms with Crippen molar-refractivity contribution in [2.24, 2.45) is 0 Å². The molecule has 3 rings (SSSR count). The van der Waals surface area contributed by atoms with Crippen LogP contribution >= 0.6 is 0 Å². The first-order valence-corrected chi connectivity index (χ1v) is 6.23. The second-order valence-corrected chi connectivity index (χ2v) is 4.39. The molecular weight excluding hydrogens is 297 g/mol. The van der Waals surface area contributed by atoms with Crippen molar-refractivity contribution in [3.05, 3.63) is 60.6 Å². The summed E-state index contributed by atoms with van der Waals surface area (Å²) in [5.74, 6) is -1.23. The number of carbonyl (C=O) groups excluding carboxylic acids is 1. The normalized spacial score (nSPS) is 11.6. The minimum Gasteiger partial charge on any atom is -0.268 e. The third-order valence-electron chi connectivity index (χ3n) is 2.98. The van der Waals surface area contributed by atoms with Crippen LogP contribution in [0.3, 0.4) is 0 Å². The van der Waals surface area contributed by atoms with Crippen LogP contribution in [-0.4, -0.2) is 26.8 Å². The SMILES string of the molecule is O=C(c1cnn2cccnc12)N(c1ccccc1)C(F)(F)F. The molecule has 22 heavy (non-hydrogen) atoms. The molecule has 5 nitrogen and oxygen atoms in total. The molecule has 2 heterocycles. The fourth-order valence-corrected chi connectivity index (χ4v) is 2.05. The van der Waals surface area contributed by atoms with E-state index in [0.29, 0.717) is 0 Å². The summed E-state index contributed by atoms with van der Waals surface area (Å²) >= 11 is 0. The number of nitrogens with zero attached hydrogens (tertiary/aromatic N) is 4. The van der Waals surface area contributed by atoms with Gasteiger partial charge in [-0.2, -0.15) is 5.10 Å². The number of fused-ring (bicyclic) bond motifs is 1. The summed E-state index contributed by atoms with van der Waals surface area (Å²) in [6.45, 7) is 0. The van der Waals surface area contributed by atoms with Gasteiger partial charge in [-0.25, -0.2) is 14.4 Å². The molecule has 0 aliphatic heterocycles. The van der Waals surface area contributed by atoms with E-state index in [2.05, 4.69) is 10.1 Å². The number of halogens is 3. The maximum absolute atomic E-state index is 13.3. The van der Waals surface area contributed by atoms with Gasteiger partial charge in [0.1, 0.15) is 5.56 Å². The Labute approximate surface area is 122 Å². The highest BCUT2D eigenvalue weighted by molar-refractivity contribution is 6.10. The van der Waals surface area contributed by atoms with Gasteiger partial charge in [0, 0.05) is 12.4 Å². The first kappa shape index (κ1) is 14.1. The third-order valence-corrected chi connectivity index (χ3v) is 2.98. The van der Waals surface area contributed by atoms with E-state index in [1.807, 2.05) is 0 Å². The number of carbonyl (C=O) groups is 1. The standard InChI is InChI=1S/C14H9F3N4O/c15-14(16,17)21(10-5-2-1-3-6-10)13(22)11-9-19-20-8-4-7-18-12(11)20/h1-9H. The van der Waals surface area contributed by atoms with E-state index >= 15 is 0 Å². The summed E-state index contributed by atoms with van der Waals surface area (Å²) in [7, 11) is 0. The zero-order valence-corrected chi connectivity index (χ0v) is 11.0. The second-order valence-electron chi connectivity index (χ2n) is 4.39. The Morgan fingerprint density at radius 3 is 2.55 bits per heavy atom. The van der Waals surface area contributed by atoms with Crippen molar-refractivity contribution in [3.63, 3.8) is 0 Å². The Kier molecular flexibility index (Phi) is 3.28. The molecular formula is C14H9F3N4O. The molecule has 8 heteroatoms. The number of para-hydroxylation sites is 1. The lowest BCUT2D eigenvalue weighted by atomic mass is 10.2. The number of hydrogen-bond acceptors (Lipinski definition) is 3. The van der Waals surface area contributed by atoms with Crippen LogP contribution in [0.25, 0.3) is 5.65 Å². The molecule has 0 spiro atoms. The number of hydrogen-bond donors (Lipinski definition) is 0. The van der Waals surface area contributed by atoms with Gasteiger partial charge in [0.2, 0.25) is 0 Å². The van der Waals surface area contributed by atoms with Gasteiger partial charge < -0.3 is 0 Å². The maximum atomic E-state index is 13.3. The van der Waals surface area contributed by atoms with Crippen molar-refractivity contribution in [1.29, 1.82) is 0 Å². The minimum absolute atomic E-state index is 0.0673. The van der Waals surface area contributed by atoms with Crippen LogP contribution < -0.4 is 4.90 Å². The van der Waals surface area contributed by atoms with Gasteiger partial charge in [-0.05, 0) is 18.2 Å². The highest BCUT2D eigenvalue weighted by Crippen LogP contribution is 2.30. The van der Waals surface area contributed by atoms with E-state index < -0.39 is 12.2 Å². The van der Waals surface area contributed by atoms with Crippen molar-refractivity contribution in [1.82, 2.24) is 14.6 Å². The van der Waals surface area contributed by atoms with Gasteiger partial charge >= 0.3 is 6.30 Å². The van der Waals surface area contributed by atoms with Crippen LogP contribution in [0.15, 0.2) is 55.0 Å². The number of aromatic nitrogens is 3. The number of rotatable bonds is 2. The Balaban J connectivity index is 2.11. The number of benzene rings is 1. The molecule has 0 N–H and O–H groups in total. The monoisotopic (exact) mass is 306 g/mol. The first-order chi connectivity index (χ1) is 10.5. The molecule has 0 unspecified atom stereocenters. The average molecular weight is 306 g/mol. The molecule has 0 saturated heterocycles. The molecule has 0 aliphatic carbocycles. The zero-order valence-electron chi connectivity index (χ0n) is 11.0. The summed E-state index contributed by atoms with van der Waals surface area (Å²) in [4.78, 5) is 16.1. The molecule has 1 amide bonds. The number of amides is 1. The van der Waals surface area contributed by atoms with Crippen molar-refractivity contribution in [2.75, 3.05) is 4.90 Å². The van der Waals surface area contributed by atoms with Crippen molar-refractivity contribution < 1.29 is 18.0 Å². The van der Waals surface area contributed by atoms with Crippen LogP contribution in [0.5, 0.6) is 0 Å². The van der Waals surface area contributed by atoms with Gasteiger partial charge in [0.25, 0.3) is 5.91 Å². The molecule has 0 fully saturated rings. The van der Waals surface area contributed by atoms with Gasteiger partial charge in [-0.1, -0.05) is 18.2 Å². The fraction of sp³-hybridized carbons (Fsp3) is 0.0714. The minimum atomic E-state index is -4.86. The van der Waals surface area contributed by atoms with Crippen LogP contribution in [0, 0.1) is 0 Å². The highest BCUT2D eigenvalue weighted by Gasteiger charge is 2.43. The van der Waals surface area contributed by atoms with Crippen molar-refractivity contribution >= 4 is 17.2 Å². The molecule has 0 bridgehead atoms. The van der Waals surface area contributed by atoms with Gasteiger partial charge in [-0.15, -0.1) is 13.2 Å². The number of alkyl halides is 3. The molecule has 0 atom stereocenters.